The zero-order valence-electron chi connectivity index (χ0n) is 20.6. The first kappa shape index (κ1) is 32.1. The molecule has 0 amide bonds. The van der Waals surface area contributed by atoms with Gasteiger partial charge in [0.25, 0.3) is 0 Å². The lowest BCUT2D eigenvalue weighted by Crippen LogP contribution is -2.24. The van der Waals surface area contributed by atoms with Gasteiger partial charge in [0.15, 0.2) is 6.29 Å². The van der Waals surface area contributed by atoms with Crippen LogP contribution in [0, 0.1) is 0 Å². The maximum Gasteiger partial charge on any atom is 0.157 e. The molecule has 0 bridgehead atoms. The molecule has 0 N–H and O–H groups in total. The van der Waals surface area contributed by atoms with Gasteiger partial charge in [0, 0.05) is 11.9 Å². The highest BCUT2D eigenvalue weighted by atomic mass is 79.9. The summed E-state index contributed by atoms with van der Waals surface area (Å²) in [5.74, 6) is 0. The van der Waals surface area contributed by atoms with Gasteiger partial charge >= 0.3 is 0 Å². The van der Waals surface area contributed by atoms with Crippen LogP contribution in [0.15, 0.2) is 0 Å². The second-order valence-corrected chi connectivity index (χ2v) is 8.05. The molecule has 0 aliphatic carbocycles. The minimum absolute atomic E-state index is 0.0574. The molecule has 1 heterocycles. The van der Waals surface area contributed by atoms with E-state index in [1.54, 1.807) is 0 Å². The Kier molecular flexibility index (Phi) is 26.1. The van der Waals surface area contributed by atoms with E-state index >= 15 is 0 Å². The van der Waals surface area contributed by atoms with Crippen molar-refractivity contribution in [3.63, 3.8) is 0 Å². The molecule has 0 radical (unpaired) electrons. The second-order valence-electron chi connectivity index (χ2n) is 7.25. The van der Waals surface area contributed by atoms with Crippen molar-refractivity contribution in [2.75, 3.05) is 124 Å². The first-order valence-corrected chi connectivity index (χ1v) is 13.5. The van der Waals surface area contributed by atoms with E-state index in [0.29, 0.717) is 112 Å². The molecular weight excluding hydrogens is 516 g/mol. The number of hydrogen-bond acceptors (Lipinski definition) is 10. The Morgan fingerprint density at radius 3 is 1.15 bits per heavy atom. The van der Waals surface area contributed by atoms with Crippen LogP contribution in [0.25, 0.3) is 0 Å². The van der Waals surface area contributed by atoms with Crippen molar-refractivity contribution in [3.8, 4) is 0 Å². The highest BCUT2D eigenvalue weighted by Gasteiger charge is 2.13. The summed E-state index contributed by atoms with van der Waals surface area (Å²) in [7, 11) is 0. The predicted molar refractivity (Wildman–Crippen MR) is 130 cm³/mol. The number of halogens is 1. The van der Waals surface area contributed by atoms with Gasteiger partial charge in [-0.1, -0.05) is 15.9 Å². The monoisotopic (exact) mass is 560 g/mol. The molecule has 11 heteroatoms. The minimum atomic E-state index is -0.0574. The molecule has 10 nitrogen and oxygen atoms in total. The summed E-state index contributed by atoms with van der Waals surface area (Å²) < 4.78 is 54.4. The lowest BCUT2D eigenvalue weighted by atomic mass is 10.2. The number of rotatable bonds is 27. The van der Waals surface area contributed by atoms with Crippen LogP contribution in [0.1, 0.15) is 19.3 Å². The zero-order valence-corrected chi connectivity index (χ0v) is 22.2. The maximum absolute atomic E-state index is 5.59. The normalized spacial score (nSPS) is 16.3. The molecule has 0 aromatic carbocycles. The van der Waals surface area contributed by atoms with Crippen molar-refractivity contribution in [1.29, 1.82) is 0 Å². The van der Waals surface area contributed by atoms with Crippen LogP contribution >= 0.6 is 15.9 Å². The molecule has 1 saturated heterocycles. The summed E-state index contributed by atoms with van der Waals surface area (Å²) in [6.07, 6.45) is 3.22. The largest absolute Gasteiger partial charge is 0.378 e. The number of alkyl halides is 1. The van der Waals surface area contributed by atoms with Crippen LogP contribution in [0.5, 0.6) is 0 Å². The van der Waals surface area contributed by atoms with Gasteiger partial charge in [-0.25, -0.2) is 0 Å². The van der Waals surface area contributed by atoms with Crippen molar-refractivity contribution in [2.24, 2.45) is 0 Å². The van der Waals surface area contributed by atoms with Crippen LogP contribution in [0.3, 0.4) is 0 Å². The third-order valence-corrected chi connectivity index (χ3v) is 4.82. The molecular formula is C23H45BrO10. The van der Waals surface area contributed by atoms with E-state index in [-0.39, 0.29) is 6.29 Å². The third kappa shape index (κ3) is 23.8. The second kappa shape index (κ2) is 27.7. The molecule has 1 aliphatic heterocycles. The van der Waals surface area contributed by atoms with Crippen LogP contribution in [-0.4, -0.2) is 131 Å². The molecule has 0 aromatic heterocycles. The Labute approximate surface area is 213 Å². The molecule has 1 unspecified atom stereocenters. The smallest absolute Gasteiger partial charge is 0.157 e. The Bertz CT molecular complexity index is 389. The fraction of sp³-hybridized carbons (Fsp3) is 1.00. The average Bonchev–Trinajstić information content (AvgIpc) is 2.87. The van der Waals surface area contributed by atoms with E-state index in [0.717, 1.165) is 24.8 Å². The average molecular weight is 562 g/mol. The van der Waals surface area contributed by atoms with Crippen molar-refractivity contribution >= 4 is 15.9 Å². The Morgan fingerprint density at radius 2 is 0.824 bits per heavy atom. The molecule has 1 rings (SSSR count). The first-order chi connectivity index (χ1) is 16.9. The minimum Gasteiger partial charge on any atom is -0.378 e. The Hall–Kier alpha value is 0.0800. The summed E-state index contributed by atoms with van der Waals surface area (Å²) >= 11 is 3.30. The Morgan fingerprint density at radius 1 is 0.471 bits per heavy atom. The first-order valence-electron chi connectivity index (χ1n) is 12.3. The van der Waals surface area contributed by atoms with Gasteiger partial charge < -0.3 is 47.4 Å². The van der Waals surface area contributed by atoms with Gasteiger partial charge in [0.2, 0.25) is 0 Å². The lowest BCUT2D eigenvalue weighted by molar-refractivity contribution is -0.169. The third-order valence-electron chi connectivity index (χ3n) is 4.49. The summed E-state index contributed by atoms with van der Waals surface area (Å²) in [6, 6.07) is 0. The quantitative estimate of drug-likeness (QED) is 0.110. The fourth-order valence-electron chi connectivity index (χ4n) is 2.78. The maximum atomic E-state index is 5.59. The molecule has 0 aromatic rings. The molecule has 0 spiro atoms. The predicted octanol–water partition coefficient (Wildman–Crippen LogP) is 2.06. The fourth-order valence-corrected chi connectivity index (χ4v) is 3.01. The van der Waals surface area contributed by atoms with E-state index in [9.17, 15) is 0 Å². The summed E-state index contributed by atoms with van der Waals surface area (Å²) in [5, 5.41) is 0.843. The SMILES string of the molecule is BrCCOCCOCCOCCOCCOCCOCCOCCOCCOC1CCCCO1. The van der Waals surface area contributed by atoms with Gasteiger partial charge in [0.05, 0.1) is 112 Å². The van der Waals surface area contributed by atoms with Gasteiger partial charge in [-0.3, -0.25) is 0 Å². The summed E-state index contributed by atoms with van der Waals surface area (Å²) in [5.41, 5.74) is 0. The van der Waals surface area contributed by atoms with Crippen LogP contribution in [0.2, 0.25) is 0 Å². The van der Waals surface area contributed by atoms with Crippen molar-refractivity contribution in [3.05, 3.63) is 0 Å². The summed E-state index contributed by atoms with van der Waals surface area (Å²) in [6.45, 7) is 10.3. The highest BCUT2D eigenvalue weighted by molar-refractivity contribution is 9.09. The molecule has 1 aliphatic rings. The standard InChI is InChI=1S/C23H45BrO10/c24-4-6-25-7-8-26-9-10-27-11-12-28-13-14-29-15-16-30-17-18-31-19-20-32-21-22-34-23-3-1-2-5-33-23/h23H,1-22H2. The van der Waals surface area contributed by atoms with E-state index in [1.165, 1.54) is 6.42 Å². The van der Waals surface area contributed by atoms with Gasteiger partial charge in [0.1, 0.15) is 0 Å². The number of ether oxygens (including phenoxy) is 10. The molecule has 1 atom stereocenters. The number of hydrogen-bond donors (Lipinski definition) is 0. The van der Waals surface area contributed by atoms with Crippen molar-refractivity contribution in [1.82, 2.24) is 0 Å². The van der Waals surface area contributed by atoms with Gasteiger partial charge in [-0.15, -0.1) is 0 Å². The zero-order chi connectivity index (χ0) is 24.2. The van der Waals surface area contributed by atoms with E-state index in [1.807, 2.05) is 0 Å². The lowest BCUT2D eigenvalue weighted by Gasteiger charge is -2.22. The highest BCUT2D eigenvalue weighted by Crippen LogP contribution is 2.13. The molecule has 34 heavy (non-hydrogen) atoms. The van der Waals surface area contributed by atoms with Crippen LogP contribution in [0.4, 0.5) is 0 Å². The Balaban J connectivity index is 1.61. The molecule has 204 valence electrons. The van der Waals surface area contributed by atoms with E-state index < -0.39 is 0 Å². The van der Waals surface area contributed by atoms with Crippen molar-refractivity contribution < 1.29 is 47.4 Å². The van der Waals surface area contributed by atoms with E-state index in [4.69, 9.17) is 47.4 Å². The molecule has 1 fully saturated rings. The van der Waals surface area contributed by atoms with Crippen LogP contribution < -0.4 is 0 Å². The van der Waals surface area contributed by atoms with E-state index in [2.05, 4.69) is 15.9 Å². The van der Waals surface area contributed by atoms with Crippen molar-refractivity contribution in [2.45, 2.75) is 25.6 Å². The van der Waals surface area contributed by atoms with Gasteiger partial charge in [-0.05, 0) is 19.3 Å². The molecule has 0 saturated carbocycles. The topological polar surface area (TPSA) is 92.3 Å². The van der Waals surface area contributed by atoms with Gasteiger partial charge in [-0.2, -0.15) is 0 Å². The summed E-state index contributed by atoms with van der Waals surface area (Å²) in [4.78, 5) is 0. The van der Waals surface area contributed by atoms with Crippen LogP contribution in [-0.2, 0) is 47.4 Å².